The summed E-state index contributed by atoms with van der Waals surface area (Å²) >= 11 is 0. The first-order chi connectivity index (χ1) is 4.65. The van der Waals surface area contributed by atoms with E-state index in [0.717, 1.165) is 0 Å². The smallest absolute Gasteiger partial charge is 0.314 e. The van der Waals surface area contributed by atoms with E-state index in [0.29, 0.717) is 0 Å². The minimum atomic E-state index is -3.13. The molecule has 0 heterocycles. The van der Waals surface area contributed by atoms with Gasteiger partial charge in [0, 0.05) is 11.5 Å². The van der Waals surface area contributed by atoms with Crippen molar-refractivity contribution in [2.24, 2.45) is 0 Å². The van der Waals surface area contributed by atoms with Gasteiger partial charge in [-0.15, -0.1) is 0 Å². The molecule has 64 valence electrons. The van der Waals surface area contributed by atoms with E-state index in [1.54, 1.807) is 0 Å². The van der Waals surface area contributed by atoms with Crippen molar-refractivity contribution in [3.8, 4) is 0 Å². The molecule has 0 saturated heterocycles. The fourth-order valence-electron chi connectivity index (χ4n) is 0.167. The van der Waals surface area contributed by atoms with Crippen LogP contribution in [0.2, 0.25) is 0 Å². The SMILES string of the molecule is CCSSCC.O=[PH](O)O. The van der Waals surface area contributed by atoms with Crippen molar-refractivity contribution in [3.63, 3.8) is 0 Å². The fraction of sp³-hybridized carbons (Fsp3) is 1.00. The zero-order valence-corrected chi connectivity index (χ0v) is 8.67. The molecule has 0 spiro atoms. The molecule has 0 aromatic carbocycles. The van der Waals surface area contributed by atoms with Crippen molar-refractivity contribution in [1.29, 1.82) is 0 Å². The maximum absolute atomic E-state index is 8.74. The van der Waals surface area contributed by atoms with Gasteiger partial charge < -0.3 is 9.79 Å². The van der Waals surface area contributed by atoms with E-state index in [-0.39, 0.29) is 0 Å². The molecule has 0 unspecified atom stereocenters. The number of hydrogen-bond donors (Lipinski definition) is 2. The van der Waals surface area contributed by atoms with Crippen molar-refractivity contribution in [1.82, 2.24) is 0 Å². The van der Waals surface area contributed by atoms with Gasteiger partial charge in [0.25, 0.3) is 0 Å². The lowest BCUT2D eigenvalue weighted by atomic mass is 11.0. The van der Waals surface area contributed by atoms with Crippen molar-refractivity contribution in [2.45, 2.75) is 13.8 Å². The zero-order chi connectivity index (χ0) is 8.41. The van der Waals surface area contributed by atoms with Crippen LogP contribution in [0, 0.1) is 0 Å². The Morgan fingerprint density at radius 3 is 1.50 bits per heavy atom. The Labute approximate surface area is 70.0 Å². The average molecular weight is 204 g/mol. The molecule has 0 aliphatic carbocycles. The third-order valence-corrected chi connectivity index (χ3v) is 2.87. The van der Waals surface area contributed by atoms with Gasteiger partial charge in [-0.1, -0.05) is 35.4 Å². The van der Waals surface area contributed by atoms with Crippen LogP contribution < -0.4 is 0 Å². The molecule has 0 atom stereocenters. The molecule has 0 aliphatic heterocycles. The van der Waals surface area contributed by atoms with E-state index >= 15 is 0 Å². The predicted molar refractivity (Wildman–Crippen MR) is 49.7 cm³/mol. The van der Waals surface area contributed by atoms with Crippen molar-refractivity contribution >= 4 is 29.8 Å². The second kappa shape index (κ2) is 12.5. The van der Waals surface area contributed by atoms with Crippen molar-refractivity contribution in [2.75, 3.05) is 11.5 Å². The van der Waals surface area contributed by atoms with Crippen LogP contribution in [0.5, 0.6) is 0 Å². The Morgan fingerprint density at radius 2 is 1.40 bits per heavy atom. The normalized spacial score (nSPS) is 8.90. The lowest BCUT2D eigenvalue weighted by Crippen LogP contribution is -1.59. The van der Waals surface area contributed by atoms with Gasteiger partial charge in [0.1, 0.15) is 0 Å². The Bertz CT molecular complexity index is 72.9. The summed E-state index contributed by atoms with van der Waals surface area (Å²) in [6.45, 7) is 4.35. The van der Waals surface area contributed by atoms with Crippen LogP contribution in [0.4, 0.5) is 0 Å². The predicted octanol–water partition coefficient (Wildman–Crippen LogP) is 1.77. The summed E-state index contributed by atoms with van der Waals surface area (Å²) in [7, 11) is 0.720. The molecular formula is C4H13O3PS2. The second-order valence-corrected chi connectivity index (χ2v) is 4.70. The van der Waals surface area contributed by atoms with Crippen LogP contribution in [0.3, 0.4) is 0 Å². The maximum Gasteiger partial charge on any atom is 0.314 e. The molecule has 6 heteroatoms. The lowest BCUT2D eigenvalue weighted by Gasteiger charge is -1.86. The van der Waals surface area contributed by atoms with Crippen LogP contribution in [0.25, 0.3) is 0 Å². The summed E-state index contributed by atoms with van der Waals surface area (Å²) in [5.41, 5.74) is 0. The van der Waals surface area contributed by atoms with E-state index in [4.69, 9.17) is 14.4 Å². The first-order valence-electron chi connectivity index (χ1n) is 2.81. The molecule has 0 rings (SSSR count). The Morgan fingerprint density at radius 1 is 1.20 bits per heavy atom. The van der Waals surface area contributed by atoms with Gasteiger partial charge in [-0.2, -0.15) is 0 Å². The summed E-state index contributed by atoms with van der Waals surface area (Å²) in [4.78, 5) is 14.3. The Kier molecular flexibility index (Phi) is 16.8. The van der Waals surface area contributed by atoms with Gasteiger partial charge in [0.05, 0.1) is 0 Å². The van der Waals surface area contributed by atoms with E-state index in [9.17, 15) is 0 Å². The molecule has 0 bridgehead atoms. The molecular weight excluding hydrogens is 191 g/mol. The molecule has 0 fully saturated rings. The first-order valence-corrected chi connectivity index (χ1v) is 6.60. The standard InChI is InChI=1S/C4H10S2.H3O3P/c1-3-5-6-4-2;1-4(2)3/h3-4H2,1-2H3;4H,(H2,1,2,3). The second-order valence-electron chi connectivity index (χ2n) is 1.10. The van der Waals surface area contributed by atoms with Gasteiger partial charge in [-0.25, -0.2) is 0 Å². The summed E-state index contributed by atoms with van der Waals surface area (Å²) in [5.74, 6) is 2.47. The van der Waals surface area contributed by atoms with Crippen molar-refractivity contribution < 1.29 is 14.4 Å². The van der Waals surface area contributed by atoms with Gasteiger partial charge >= 0.3 is 8.25 Å². The van der Waals surface area contributed by atoms with E-state index in [1.807, 2.05) is 21.6 Å². The van der Waals surface area contributed by atoms with Crippen LogP contribution in [0.1, 0.15) is 13.8 Å². The molecule has 2 N–H and O–H groups in total. The Balaban J connectivity index is 0. The van der Waals surface area contributed by atoms with Crippen LogP contribution in [-0.4, -0.2) is 21.3 Å². The van der Waals surface area contributed by atoms with E-state index < -0.39 is 8.25 Å². The minimum absolute atomic E-state index is 1.23. The van der Waals surface area contributed by atoms with Crippen LogP contribution in [-0.2, 0) is 4.57 Å². The summed E-state index contributed by atoms with van der Waals surface area (Å²) in [5, 5.41) is 0. The summed E-state index contributed by atoms with van der Waals surface area (Å²) in [6.07, 6.45) is 0. The third-order valence-electron chi connectivity index (χ3n) is 0.319. The summed E-state index contributed by atoms with van der Waals surface area (Å²) < 4.78 is 8.74. The Hall–Kier alpha value is 0.850. The highest BCUT2D eigenvalue weighted by molar-refractivity contribution is 8.76. The molecule has 0 aromatic heterocycles. The summed E-state index contributed by atoms with van der Waals surface area (Å²) in [6, 6.07) is 0. The first kappa shape index (κ1) is 13.4. The topological polar surface area (TPSA) is 57.5 Å². The van der Waals surface area contributed by atoms with Gasteiger partial charge in [-0.05, 0) is 0 Å². The van der Waals surface area contributed by atoms with Gasteiger partial charge in [-0.3, -0.25) is 4.57 Å². The molecule has 0 saturated carbocycles. The molecule has 0 aliphatic rings. The number of hydrogen-bond acceptors (Lipinski definition) is 3. The van der Waals surface area contributed by atoms with E-state index in [2.05, 4.69) is 13.8 Å². The zero-order valence-electron chi connectivity index (χ0n) is 6.03. The minimum Gasteiger partial charge on any atom is -0.326 e. The number of rotatable bonds is 3. The molecule has 0 amide bonds. The third kappa shape index (κ3) is 36.8. The monoisotopic (exact) mass is 204 g/mol. The van der Waals surface area contributed by atoms with Gasteiger partial charge in [0.15, 0.2) is 0 Å². The van der Waals surface area contributed by atoms with Crippen LogP contribution >= 0.6 is 29.8 Å². The van der Waals surface area contributed by atoms with Crippen LogP contribution in [0.15, 0.2) is 0 Å². The molecule has 0 radical (unpaired) electrons. The molecule has 10 heavy (non-hydrogen) atoms. The van der Waals surface area contributed by atoms with Crippen molar-refractivity contribution in [3.05, 3.63) is 0 Å². The largest absolute Gasteiger partial charge is 0.326 e. The highest BCUT2D eigenvalue weighted by Gasteiger charge is 1.75. The van der Waals surface area contributed by atoms with Gasteiger partial charge in [0.2, 0.25) is 0 Å². The highest BCUT2D eigenvalue weighted by atomic mass is 33.1. The quantitative estimate of drug-likeness (QED) is 0.417. The van der Waals surface area contributed by atoms with E-state index in [1.165, 1.54) is 11.5 Å². The maximum atomic E-state index is 8.74. The average Bonchev–Trinajstić information content (AvgIpc) is 1.82. The molecule has 0 aromatic rings. The lowest BCUT2D eigenvalue weighted by molar-refractivity contribution is 0.405. The molecule has 3 nitrogen and oxygen atoms in total. The fourth-order valence-corrected chi connectivity index (χ4v) is 1.50. The highest BCUT2D eigenvalue weighted by Crippen LogP contribution is 2.18.